The Hall–Kier alpha value is -0.870. The van der Waals surface area contributed by atoms with Gasteiger partial charge in [-0.1, -0.05) is 18.5 Å². The number of aromatic nitrogens is 2. The van der Waals surface area contributed by atoms with Crippen LogP contribution in [0.15, 0.2) is 0 Å². The fourth-order valence-corrected chi connectivity index (χ4v) is 2.55. The number of Topliss-reactive ketones (excluding diaryl/α,β-unsaturated/α-hetero) is 1. The van der Waals surface area contributed by atoms with E-state index in [1.807, 2.05) is 20.9 Å². The van der Waals surface area contributed by atoms with Gasteiger partial charge in [-0.2, -0.15) is 5.10 Å². The molecule has 17 heavy (non-hydrogen) atoms. The van der Waals surface area contributed by atoms with Gasteiger partial charge in [0.05, 0.1) is 5.69 Å². The summed E-state index contributed by atoms with van der Waals surface area (Å²) >= 11 is 6.21. The number of piperidine rings is 1. The van der Waals surface area contributed by atoms with Gasteiger partial charge in [-0.05, 0) is 6.92 Å². The molecule has 4 nitrogen and oxygen atoms in total. The highest BCUT2D eigenvalue weighted by Crippen LogP contribution is 2.22. The third kappa shape index (κ3) is 2.53. The Morgan fingerprint density at radius 3 is 2.76 bits per heavy atom. The normalized spacial score (nSPS) is 22.1. The fourth-order valence-electron chi connectivity index (χ4n) is 2.32. The largest absolute Gasteiger partial charge is 0.299 e. The van der Waals surface area contributed by atoms with Crippen molar-refractivity contribution in [2.75, 3.05) is 13.1 Å². The van der Waals surface area contributed by atoms with Crippen LogP contribution in [0, 0.1) is 12.8 Å². The first kappa shape index (κ1) is 12.6. The number of aryl methyl sites for hydroxylation is 2. The number of hydrogen-bond acceptors (Lipinski definition) is 3. The lowest BCUT2D eigenvalue weighted by molar-refractivity contribution is -0.125. The number of carbonyl (C=O) groups is 1. The lowest BCUT2D eigenvalue weighted by atomic mass is 9.98. The first-order valence-corrected chi connectivity index (χ1v) is 6.30. The monoisotopic (exact) mass is 255 g/mol. The molecular formula is C12H18ClN3O. The summed E-state index contributed by atoms with van der Waals surface area (Å²) in [7, 11) is 1.85. The highest BCUT2D eigenvalue weighted by atomic mass is 35.5. The van der Waals surface area contributed by atoms with Crippen LogP contribution in [0.1, 0.15) is 24.6 Å². The average Bonchev–Trinajstić information content (AvgIpc) is 2.50. The van der Waals surface area contributed by atoms with E-state index < -0.39 is 0 Å². The Labute approximate surface area is 107 Å². The summed E-state index contributed by atoms with van der Waals surface area (Å²) in [5.74, 6) is 0.509. The molecular weight excluding hydrogens is 238 g/mol. The summed E-state index contributed by atoms with van der Waals surface area (Å²) in [5, 5.41) is 5.00. The first-order chi connectivity index (χ1) is 7.99. The molecule has 5 heteroatoms. The average molecular weight is 256 g/mol. The molecule has 1 fully saturated rings. The Morgan fingerprint density at radius 2 is 2.24 bits per heavy atom. The highest BCUT2D eigenvalue weighted by Gasteiger charge is 2.25. The second kappa shape index (κ2) is 4.78. The third-order valence-electron chi connectivity index (χ3n) is 3.41. The number of rotatable bonds is 2. The van der Waals surface area contributed by atoms with Crippen molar-refractivity contribution in [2.45, 2.75) is 26.8 Å². The predicted octanol–water partition coefficient (Wildman–Crippen LogP) is 1.79. The maximum Gasteiger partial charge on any atom is 0.138 e. The SMILES string of the molecule is Cc1nn(C)c(Cl)c1CN1CCC(=O)C(C)C1. The molecule has 0 aliphatic carbocycles. The van der Waals surface area contributed by atoms with Gasteiger partial charge in [0.15, 0.2) is 0 Å². The quantitative estimate of drug-likeness (QED) is 0.809. The Balaban J connectivity index is 2.09. The van der Waals surface area contributed by atoms with Gasteiger partial charge in [-0.15, -0.1) is 0 Å². The van der Waals surface area contributed by atoms with Crippen molar-refractivity contribution < 1.29 is 4.79 Å². The number of halogens is 1. The van der Waals surface area contributed by atoms with Gasteiger partial charge in [0.1, 0.15) is 10.9 Å². The van der Waals surface area contributed by atoms with E-state index in [9.17, 15) is 4.79 Å². The van der Waals surface area contributed by atoms with Crippen LogP contribution in [0.3, 0.4) is 0 Å². The van der Waals surface area contributed by atoms with Gasteiger partial charge in [0.25, 0.3) is 0 Å². The maximum atomic E-state index is 11.5. The predicted molar refractivity (Wildman–Crippen MR) is 67.0 cm³/mol. The van der Waals surface area contributed by atoms with E-state index in [0.29, 0.717) is 17.4 Å². The van der Waals surface area contributed by atoms with Crippen LogP contribution in [0.2, 0.25) is 5.15 Å². The molecule has 1 aliphatic heterocycles. The lowest BCUT2D eigenvalue weighted by Crippen LogP contribution is -2.39. The zero-order valence-corrected chi connectivity index (χ0v) is 11.3. The van der Waals surface area contributed by atoms with Crippen LogP contribution in [-0.4, -0.2) is 33.6 Å². The minimum absolute atomic E-state index is 0.138. The number of likely N-dealkylation sites (tertiary alicyclic amines) is 1. The number of carbonyl (C=O) groups excluding carboxylic acids is 1. The van der Waals surface area contributed by atoms with Crippen LogP contribution in [0.25, 0.3) is 0 Å². The van der Waals surface area contributed by atoms with Gasteiger partial charge in [0.2, 0.25) is 0 Å². The van der Waals surface area contributed by atoms with E-state index in [-0.39, 0.29) is 5.92 Å². The minimum atomic E-state index is 0.138. The number of nitrogens with zero attached hydrogens (tertiary/aromatic N) is 3. The van der Waals surface area contributed by atoms with E-state index in [0.717, 1.165) is 30.9 Å². The Kier molecular flexibility index (Phi) is 3.54. The van der Waals surface area contributed by atoms with Gasteiger partial charge < -0.3 is 0 Å². The first-order valence-electron chi connectivity index (χ1n) is 5.92. The highest BCUT2D eigenvalue weighted by molar-refractivity contribution is 6.30. The van der Waals surface area contributed by atoms with Crippen molar-refractivity contribution in [3.63, 3.8) is 0 Å². The molecule has 2 rings (SSSR count). The molecule has 0 spiro atoms. The molecule has 1 aromatic heterocycles. The van der Waals surface area contributed by atoms with E-state index >= 15 is 0 Å². The molecule has 0 saturated carbocycles. The molecule has 1 atom stereocenters. The Bertz CT molecular complexity index is 441. The van der Waals surface area contributed by atoms with E-state index in [4.69, 9.17) is 11.6 Å². The van der Waals surface area contributed by atoms with Crippen LogP contribution >= 0.6 is 11.6 Å². The molecule has 1 unspecified atom stereocenters. The van der Waals surface area contributed by atoms with Crippen molar-refractivity contribution in [1.82, 2.24) is 14.7 Å². The van der Waals surface area contributed by atoms with Crippen molar-refractivity contribution in [1.29, 1.82) is 0 Å². The van der Waals surface area contributed by atoms with Gasteiger partial charge in [0, 0.05) is 44.6 Å². The molecule has 0 aromatic carbocycles. The molecule has 0 radical (unpaired) electrons. The van der Waals surface area contributed by atoms with E-state index in [1.165, 1.54) is 0 Å². The molecule has 2 heterocycles. The van der Waals surface area contributed by atoms with E-state index in [1.54, 1.807) is 4.68 Å². The molecule has 0 amide bonds. The van der Waals surface area contributed by atoms with Crippen LogP contribution in [-0.2, 0) is 18.4 Å². The lowest BCUT2D eigenvalue weighted by Gasteiger charge is -2.29. The Morgan fingerprint density at radius 1 is 1.53 bits per heavy atom. The van der Waals surface area contributed by atoms with E-state index in [2.05, 4.69) is 10.00 Å². The zero-order valence-electron chi connectivity index (χ0n) is 10.5. The van der Waals surface area contributed by atoms with Gasteiger partial charge in [-0.25, -0.2) is 0 Å². The zero-order chi connectivity index (χ0) is 12.6. The van der Waals surface area contributed by atoms with Crippen molar-refractivity contribution in [2.24, 2.45) is 13.0 Å². The molecule has 94 valence electrons. The van der Waals surface area contributed by atoms with Crippen molar-refractivity contribution in [3.8, 4) is 0 Å². The molecule has 1 aliphatic rings. The van der Waals surface area contributed by atoms with Gasteiger partial charge >= 0.3 is 0 Å². The van der Waals surface area contributed by atoms with Crippen LogP contribution in [0.5, 0.6) is 0 Å². The fraction of sp³-hybridized carbons (Fsp3) is 0.667. The summed E-state index contributed by atoms with van der Waals surface area (Å²) in [4.78, 5) is 13.7. The summed E-state index contributed by atoms with van der Waals surface area (Å²) in [6.07, 6.45) is 0.651. The summed E-state index contributed by atoms with van der Waals surface area (Å²) in [6.45, 7) is 6.40. The topological polar surface area (TPSA) is 38.1 Å². The molecule has 1 saturated heterocycles. The smallest absolute Gasteiger partial charge is 0.138 e. The second-order valence-electron chi connectivity index (χ2n) is 4.83. The van der Waals surface area contributed by atoms with Crippen LogP contribution in [0.4, 0.5) is 0 Å². The summed E-state index contributed by atoms with van der Waals surface area (Å²) < 4.78 is 1.70. The number of ketones is 1. The minimum Gasteiger partial charge on any atom is -0.299 e. The third-order valence-corrected chi connectivity index (χ3v) is 3.88. The molecule has 0 N–H and O–H groups in total. The summed E-state index contributed by atoms with van der Waals surface area (Å²) in [5.41, 5.74) is 2.05. The van der Waals surface area contributed by atoms with Crippen LogP contribution < -0.4 is 0 Å². The number of hydrogen-bond donors (Lipinski definition) is 0. The second-order valence-corrected chi connectivity index (χ2v) is 5.19. The molecule has 0 bridgehead atoms. The maximum absolute atomic E-state index is 11.5. The molecule has 1 aromatic rings. The standard InChI is InChI=1S/C12H18ClN3O/c1-8-6-16(5-4-11(8)17)7-10-9(2)14-15(3)12(10)13/h8H,4-7H2,1-3H3. The summed E-state index contributed by atoms with van der Waals surface area (Å²) in [6, 6.07) is 0. The van der Waals surface area contributed by atoms with Gasteiger partial charge in [-0.3, -0.25) is 14.4 Å². The van der Waals surface area contributed by atoms with Crippen molar-refractivity contribution >= 4 is 17.4 Å². The van der Waals surface area contributed by atoms with Crippen molar-refractivity contribution in [3.05, 3.63) is 16.4 Å².